The topological polar surface area (TPSA) is 87.0 Å². The predicted molar refractivity (Wildman–Crippen MR) is 66.4 cm³/mol. The second-order valence-corrected chi connectivity index (χ2v) is 5.18. The van der Waals surface area contributed by atoms with Crippen LogP contribution in [0, 0.1) is 0 Å². The van der Waals surface area contributed by atoms with E-state index < -0.39 is 10.4 Å². The molecule has 1 aromatic rings. The second-order valence-electron chi connectivity index (χ2n) is 4.29. The van der Waals surface area contributed by atoms with Gasteiger partial charge in [-0.1, -0.05) is 32.0 Å². The number of hydrogen-bond acceptors (Lipinski definition) is 3. The number of nitrogens with zero attached hydrogens (tertiary/aromatic N) is 1. The third kappa shape index (κ3) is 3.62. The number of hydrogen-bond donors (Lipinski definition) is 2. The molecule has 2 N–H and O–H groups in total. The first kappa shape index (κ1) is 13.8. The number of para-hydroxylation sites is 1. The van der Waals surface area contributed by atoms with Gasteiger partial charge in [-0.3, -0.25) is 14.1 Å². The third-order valence-electron chi connectivity index (χ3n) is 2.77. The molecule has 17 heavy (non-hydrogen) atoms. The zero-order valence-corrected chi connectivity index (χ0v) is 10.7. The number of rotatable bonds is 0. The van der Waals surface area contributed by atoms with Gasteiger partial charge in [0.25, 0.3) is 0 Å². The molecule has 6 heteroatoms. The van der Waals surface area contributed by atoms with Crippen molar-refractivity contribution in [2.24, 2.45) is 4.99 Å². The van der Waals surface area contributed by atoms with Crippen LogP contribution in [-0.4, -0.2) is 23.2 Å². The Balaban J connectivity index is 0.000000249. The summed E-state index contributed by atoms with van der Waals surface area (Å²) >= 11 is 0. The summed E-state index contributed by atoms with van der Waals surface area (Å²) in [5.41, 5.74) is 3.84. The van der Waals surface area contributed by atoms with E-state index in [2.05, 4.69) is 44.0 Å². The van der Waals surface area contributed by atoms with Gasteiger partial charge in [0.1, 0.15) is 0 Å². The molecule has 0 unspecified atom stereocenters. The Morgan fingerprint density at radius 2 is 1.65 bits per heavy atom. The predicted octanol–water partition coefficient (Wildman–Crippen LogP) is 2.42. The molecule has 0 aliphatic carbocycles. The quantitative estimate of drug-likeness (QED) is 0.699. The Bertz CT molecular complexity index is 538. The Kier molecular flexibility index (Phi) is 3.71. The molecule has 0 saturated heterocycles. The van der Waals surface area contributed by atoms with Gasteiger partial charge in [0.05, 0.1) is 5.69 Å². The maximum Gasteiger partial charge on any atom is 0.394 e. The smallest absolute Gasteiger partial charge is 0.264 e. The molecule has 0 fully saturated rings. The molecule has 1 heterocycles. The van der Waals surface area contributed by atoms with Gasteiger partial charge in [-0.25, -0.2) is 0 Å². The van der Waals surface area contributed by atoms with Crippen molar-refractivity contribution in [3.8, 4) is 0 Å². The minimum Gasteiger partial charge on any atom is -0.264 e. The Morgan fingerprint density at radius 1 is 1.18 bits per heavy atom. The van der Waals surface area contributed by atoms with Crippen molar-refractivity contribution in [1.82, 2.24) is 0 Å². The van der Waals surface area contributed by atoms with Crippen LogP contribution in [0.1, 0.15) is 26.3 Å². The van der Waals surface area contributed by atoms with Gasteiger partial charge in [-0.15, -0.1) is 0 Å². The lowest BCUT2D eigenvalue weighted by Crippen LogP contribution is -2.22. The summed E-state index contributed by atoms with van der Waals surface area (Å²) in [5.74, 6) is 0. The van der Waals surface area contributed by atoms with Crippen LogP contribution in [0.15, 0.2) is 29.3 Å². The molecule has 0 atom stereocenters. The monoisotopic (exact) mass is 257 g/mol. The van der Waals surface area contributed by atoms with Crippen molar-refractivity contribution in [1.29, 1.82) is 0 Å². The van der Waals surface area contributed by atoms with E-state index in [0.717, 1.165) is 5.69 Å². The highest BCUT2D eigenvalue weighted by Crippen LogP contribution is 2.39. The average Bonchev–Trinajstić information content (AvgIpc) is 2.36. The summed E-state index contributed by atoms with van der Waals surface area (Å²) in [4.78, 5) is 4.52. The van der Waals surface area contributed by atoms with Crippen molar-refractivity contribution in [3.63, 3.8) is 0 Å². The van der Waals surface area contributed by atoms with Crippen LogP contribution in [0.5, 0.6) is 0 Å². The van der Waals surface area contributed by atoms with Crippen LogP contribution in [0.4, 0.5) is 5.69 Å². The van der Waals surface area contributed by atoms with Gasteiger partial charge >= 0.3 is 10.4 Å². The van der Waals surface area contributed by atoms with Crippen LogP contribution in [0.25, 0.3) is 0 Å². The van der Waals surface area contributed by atoms with Crippen molar-refractivity contribution in [2.75, 3.05) is 0 Å². The molecule has 2 rings (SSSR count). The SMILES string of the molecule is CC1=Nc2ccccc2C1(C)C.O=S(=O)(O)O. The lowest BCUT2D eigenvalue weighted by molar-refractivity contribution is 0.381. The van der Waals surface area contributed by atoms with E-state index in [0.29, 0.717) is 0 Å². The first-order valence-corrected chi connectivity index (χ1v) is 6.37. The fourth-order valence-electron chi connectivity index (χ4n) is 1.61. The van der Waals surface area contributed by atoms with Crippen LogP contribution < -0.4 is 0 Å². The summed E-state index contributed by atoms with van der Waals surface area (Å²) in [7, 11) is -4.67. The standard InChI is InChI=1S/C11H13N.H2O4S/c1-8-11(2,3)9-6-4-5-7-10(9)12-8;1-5(2,3)4/h4-7H,1-3H3;(H2,1,2,3,4). The second kappa shape index (κ2) is 4.56. The highest BCUT2D eigenvalue weighted by atomic mass is 32.3. The molecule has 0 bridgehead atoms. The molecular formula is C11H15NO4S. The maximum atomic E-state index is 8.74. The highest BCUT2D eigenvalue weighted by molar-refractivity contribution is 7.79. The third-order valence-corrected chi connectivity index (χ3v) is 2.77. The van der Waals surface area contributed by atoms with Crippen molar-refractivity contribution in [3.05, 3.63) is 29.8 Å². The minimum absolute atomic E-state index is 0.136. The van der Waals surface area contributed by atoms with E-state index in [1.165, 1.54) is 11.3 Å². The van der Waals surface area contributed by atoms with Crippen molar-refractivity contribution < 1.29 is 17.5 Å². The molecule has 1 aromatic carbocycles. The molecule has 0 amide bonds. The fourth-order valence-corrected chi connectivity index (χ4v) is 1.61. The molecule has 5 nitrogen and oxygen atoms in total. The van der Waals surface area contributed by atoms with E-state index >= 15 is 0 Å². The molecule has 0 saturated carbocycles. The van der Waals surface area contributed by atoms with Crippen molar-refractivity contribution >= 4 is 21.8 Å². The zero-order chi connectivity index (χ0) is 13.3. The summed E-state index contributed by atoms with van der Waals surface area (Å²) in [6, 6.07) is 8.36. The average molecular weight is 257 g/mol. The Labute approximate surface area is 101 Å². The first-order valence-electron chi connectivity index (χ1n) is 4.97. The number of aliphatic imine (C=N–C) groups is 1. The van der Waals surface area contributed by atoms with Gasteiger partial charge < -0.3 is 0 Å². The first-order chi connectivity index (χ1) is 7.62. The van der Waals surface area contributed by atoms with E-state index in [1.54, 1.807) is 0 Å². The van der Waals surface area contributed by atoms with Gasteiger partial charge in [0, 0.05) is 11.1 Å². The van der Waals surface area contributed by atoms with E-state index in [1.807, 2.05) is 6.07 Å². The molecule has 1 aliphatic heterocycles. The molecule has 0 spiro atoms. The van der Waals surface area contributed by atoms with Crippen LogP contribution >= 0.6 is 0 Å². The summed E-state index contributed by atoms with van der Waals surface area (Å²) < 4.78 is 31.6. The van der Waals surface area contributed by atoms with Gasteiger partial charge in [-0.05, 0) is 18.6 Å². The van der Waals surface area contributed by atoms with E-state index in [4.69, 9.17) is 17.5 Å². The Hall–Kier alpha value is -1.24. The molecule has 0 aromatic heterocycles. The fraction of sp³-hybridized carbons (Fsp3) is 0.364. The van der Waals surface area contributed by atoms with E-state index in [9.17, 15) is 0 Å². The van der Waals surface area contributed by atoms with Gasteiger partial charge in [-0.2, -0.15) is 8.42 Å². The molecule has 1 aliphatic rings. The van der Waals surface area contributed by atoms with Crippen LogP contribution in [0.3, 0.4) is 0 Å². The summed E-state index contributed by atoms with van der Waals surface area (Å²) in [5, 5.41) is 0. The van der Waals surface area contributed by atoms with Gasteiger partial charge in [0.15, 0.2) is 0 Å². The molecular weight excluding hydrogens is 242 g/mol. The zero-order valence-electron chi connectivity index (χ0n) is 9.88. The van der Waals surface area contributed by atoms with Crippen LogP contribution in [-0.2, 0) is 15.8 Å². The van der Waals surface area contributed by atoms with Gasteiger partial charge in [0.2, 0.25) is 0 Å². The lowest BCUT2D eigenvalue weighted by Gasteiger charge is -2.19. The number of benzene rings is 1. The Morgan fingerprint density at radius 3 is 2.12 bits per heavy atom. The summed E-state index contributed by atoms with van der Waals surface area (Å²) in [6.45, 7) is 6.54. The minimum atomic E-state index is -4.67. The normalized spacial score (nSPS) is 16.6. The largest absolute Gasteiger partial charge is 0.394 e. The van der Waals surface area contributed by atoms with E-state index in [-0.39, 0.29) is 5.41 Å². The lowest BCUT2D eigenvalue weighted by atomic mass is 9.82. The van der Waals surface area contributed by atoms with Crippen LogP contribution in [0.2, 0.25) is 0 Å². The summed E-state index contributed by atoms with van der Waals surface area (Å²) in [6.07, 6.45) is 0. The maximum absolute atomic E-state index is 8.74. The molecule has 0 radical (unpaired) electrons. The van der Waals surface area contributed by atoms with Crippen molar-refractivity contribution in [2.45, 2.75) is 26.2 Å². The molecule has 94 valence electrons. The number of fused-ring (bicyclic) bond motifs is 1. The highest BCUT2D eigenvalue weighted by Gasteiger charge is 2.31.